The molecule has 2 amide bonds. The summed E-state index contributed by atoms with van der Waals surface area (Å²) in [5.74, 6) is 0.213. The number of amides is 2. The maximum atomic E-state index is 12.3. The Morgan fingerprint density at radius 2 is 2.00 bits per heavy atom. The standard InChI is InChI=1S/C12H21BrN2O2/c1-8(2)10(13)12(17)15-7-5-4-6-9(15)11(16)14-3/h8-10H,4-7H2,1-3H3,(H,14,16). The zero-order valence-corrected chi connectivity index (χ0v) is 12.3. The maximum Gasteiger partial charge on any atom is 0.242 e. The van der Waals surface area contributed by atoms with Crippen LogP contribution in [0.3, 0.4) is 0 Å². The lowest BCUT2D eigenvalue weighted by molar-refractivity contribution is -0.142. The summed E-state index contributed by atoms with van der Waals surface area (Å²) >= 11 is 3.42. The summed E-state index contributed by atoms with van der Waals surface area (Å²) in [6.07, 6.45) is 2.76. The van der Waals surface area contributed by atoms with Gasteiger partial charge in [0.2, 0.25) is 11.8 Å². The molecule has 17 heavy (non-hydrogen) atoms. The van der Waals surface area contributed by atoms with Gasteiger partial charge in [0.1, 0.15) is 6.04 Å². The third-order valence-corrected chi connectivity index (χ3v) is 4.61. The fraction of sp³-hybridized carbons (Fsp3) is 0.833. The molecule has 1 aliphatic heterocycles. The number of alkyl halides is 1. The third kappa shape index (κ3) is 3.44. The van der Waals surface area contributed by atoms with Gasteiger partial charge in [0.25, 0.3) is 0 Å². The minimum Gasteiger partial charge on any atom is -0.357 e. The van der Waals surface area contributed by atoms with Crippen molar-refractivity contribution in [3.05, 3.63) is 0 Å². The Balaban J connectivity index is 2.77. The van der Waals surface area contributed by atoms with E-state index in [-0.39, 0.29) is 28.6 Å². The van der Waals surface area contributed by atoms with Crippen molar-refractivity contribution in [1.82, 2.24) is 10.2 Å². The predicted octanol–water partition coefficient (Wildman–Crippen LogP) is 1.53. The molecule has 4 nitrogen and oxygen atoms in total. The van der Waals surface area contributed by atoms with Crippen molar-refractivity contribution in [2.45, 2.75) is 44.0 Å². The minimum atomic E-state index is -0.292. The molecule has 1 fully saturated rings. The molecule has 0 aromatic heterocycles. The normalized spacial score (nSPS) is 22.4. The second-order valence-electron chi connectivity index (χ2n) is 4.80. The highest BCUT2D eigenvalue weighted by molar-refractivity contribution is 9.10. The highest BCUT2D eigenvalue weighted by atomic mass is 79.9. The molecule has 0 bridgehead atoms. The molecule has 2 atom stereocenters. The molecule has 0 saturated carbocycles. The van der Waals surface area contributed by atoms with Gasteiger partial charge in [-0.3, -0.25) is 9.59 Å². The summed E-state index contributed by atoms with van der Waals surface area (Å²) in [7, 11) is 1.62. The van der Waals surface area contributed by atoms with Crippen LogP contribution in [0.2, 0.25) is 0 Å². The van der Waals surface area contributed by atoms with Gasteiger partial charge in [0.05, 0.1) is 4.83 Å². The third-order valence-electron chi connectivity index (χ3n) is 3.16. The molecule has 1 heterocycles. The van der Waals surface area contributed by atoms with Crippen molar-refractivity contribution >= 4 is 27.7 Å². The quantitative estimate of drug-likeness (QED) is 0.804. The van der Waals surface area contributed by atoms with Crippen LogP contribution in [0.1, 0.15) is 33.1 Å². The van der Waals surface area contributed by atoms with Crippen LogP contribution in [0.5, 0.6) is 0 Å². The fourth-order valence-electron chi connectivity index (χ4n) is 2.08. The van der Waals surface area contributed by atoms with Crippen molar-refractivity contribution in [2.24, 2.45) is 5.92 Å². The molecule has 1 saturated heterocycles. The lowest BCUT2D eigenvalue weighted by Gasteiger charge is -2.36. The number of carbonyl (C=O) groups excluding carboxylic acids is 2. The highest BCUT2D eigenvalue weighted by Crippen LogP contribution is 2.22. The van der Waals surface area contributed by atoms with E-state index in [0.29, 0.717) is 6.54 Å². The molecule has 0 aliphatic carbocycles. The van der Waals surface area contributed by atoms with Crippen molar-refractivity contribution in [1.29, 1.82) is 0 Å². The van der Waals surface area contributed by atoms with Crippen LogP contribution in [0.4, 0.5) is 0 Å². The molecule has 0 aromatic carbocycles. The van der Waals surface area contributed by atoms with E-state index in [0.717, 1.165) is 19.3 Å². The number of carbonyl (C=O) groups is 2. The molecule has 5 heteroatoms. The van der Waals surface area contributed by atoms with Crippen LogP contribution in [0.25, 0.3) is 0 Å². The number of rotatable bonds is 3. The highest BCUT2D eigenvalue weighted by Gasteiger charge is 2.34. The molecular weight excluding hydrogens is 284 g/mol. The molecule has 0 radical (unpaired) electrons. The van der Waals surface area contributed by atoms with Crippen LogP contribution in [-0.4, -0.2) is 41.2 Å². The van der Waals surface area contributed by atoms with Crippen molar-refractivity contribution in [3.8, 4) is 0 Å². The zero-order chi connectivity index (χ0) is 13.0. The number of hydrogen-bond donors (Lipinski definition) is 1. The average Bonchev–Trinajstić information content (AvgIpc) is 2.35. The van der Waals surface area contributed by atoms with E-state index in [1.54, 1.807) is 11.9 Å². The van der Waals surface area contributed by atoms with Gasteiger partial charge in [-0.25, -0.2) is 0 Å². The van der Waals surface area contributed by atoms with Gasteiger partial charge in [-0.05, 0) is 25.2 Å². The van der Waals surface area contributed by atoms with E-state index in [2.05, 4.69) is 21.2 Å². The predicted molar refractivity (Wildman–Crippen MR) is 71.0 cm³/mol. The lowest BCUT2D eigenvalue weighted by atomic mass is 9.99. The Labute approximate surface area is 111 Å². The van der Waals surface area contributed by atoms with E-state index >= 15 is 0 Å². The van der Waals surface area contributed by atoms with Gasteiger partial charge in [0, 0.05) is 13.6 Å². The fourth-order valence-corrected chi connectivity index (χ4v) is 2.34. The molecular formula is C12H21BrN2O2. The van der Waals surface area contributed by atoms with Gasteiger partial charge < -0.3 is 10.2 Å². The van der Waals surface area contributed by atoms with E-state index in [4.69, 9.17) is 0 Å². The molecule has 0 spiro atoms. The Morgan fingerprint density at radius 1 is 1.35 bits per heavy atom. The number of nitrogens with one attached hydrogen (secondary N) is 1. The number of likely N-dealkylation sites (tertiary alicyclic amines) is 1. The Morgan fingerprint density at radius 3 is 2.53 bits per heavy atom. The van der Waals surface area contributed by atoms with Gasteiger partial charge in [0.15, 0.2) is 0 Å². The summed E-state index contributed by atoms with van der Waals surface area (Å²) in [6.45, 7) is 4.68. The first-order valence-corrected chi connectivity index (χ1v) is 7.06. The van der Waals surface area contributed by atoms with Crippen molar-refractivity contribution in [3.63, 3.8) is 0 Å². The van der Waals surface area contributed by atoms with Gasteiger partial charge in [-0.15, -0.1) is 0 Å². The van der Waals surface area contributed by atoms with Crippen LogP contribution >= 0.6 is 15.9 Å². The van der Waals surface area contributed by atoms with Crippen LogP contribution in [0, 0.1) is 5.92 Å². The smallest absolute Gasteiger partial charge is 0.242 e. The maximum absolute atomic E-state index is 12.3. The summed E-state index contributed by atoms with van der Waals surface area (Å²) in [6, 6.07) is -0.292. The topological polar surface area (TPSA) is 49.4 Å². The Kier molecular flexibility index (Phi) is 5.43. The molecule has 1 aliphatic rings. The molecule has 0 aromatic rings. The first-order valence-electron chi connectivity index (χ1n) is 6.15. The number of nitrogens with zero attached hydrogens (tertiary/aromatic N) is 1. The molecule has 1 N–H and O–H groups in total. The Hall–Kier alpha value is -0.580. The molecule has 98 valence electrons. The van der Waals surface area contributed by atoms with Crippen molar-refractivity contribution < 1.29 is 9.59 Å². The van der Waals surface area contributed by atoms with E-state index < -0.39 is 0 Å². The second-order valence-corrected chi connectivity index (χ2v) is 5.79. The summed E-state index contributed by atoms with van der Waals surface area (Å²) < 4.78 is 0. The van der Waals surface area contributed by atoms with Crippen molar-refractivity contribution in [2.75, 3.05) is 13.6 Å². The number of hydrogen-bond acceptors (Lipinski definition) is 2. The van der Waals surface area contributed by atoms with E-state index in [9.17, 15) is 9.59 Å². The minimum absolute atomic E-state index is 0.0355. The van der Waals surface area contributed by atoms with Crippen LogP contribution in [0.15, 0.2) is 0 Å². The summed E-state index contributed by atoms with van der Waals surface area (Å²) in [5, 5.41) is 2.64. The second kappa shape index (κ2) is 6.38. The molecule has 2 unspecified atom stereocenters. The first-order chi connectivity index (χ1) is 7.99. The number of likely N-dealkylation sites (N-methyl/N-ethyl adjacent to an activating group) is 1. The van der Waals surface area contributed by atoms with Gasteiger partial charge in [-0.1, -0.05) is 29.8 Å². The lowest BCUT2D eigenvalue weighted by Crippen LogP contribution is -2.53. The number of piperidine rings is 1. The largest absolute Gasteiger partial charge is 0.357 e. The van der Waals surface area contributed by atoms with E-state index in [1.807, 2.05) is 13.8 Å². The number of halogens is 1. The van der Waals surface area contributed by atoms with Gasteiger partial charge >= 0.3 is 0 Å². The van der Waals surface area contributed by atoms with Crippen LogP contribution < -0.4 is 5.32 Å². The molecule has 1 rings (SSSR count). The van der Waals surface area contributed by atoms with Gasteiger partial charge in [-0.2, -0.15) is 0 Å². The zero-order valence-electron chi connectivity index (χ0n) is 10.7. The van der Waals surface area contributed by atoms with E-state index in [1.165, 1.54) is 0 Å². The monoisotopic (exact) mass is 304 g/mol. The van der Waals surface area contributed by atoms with Crippen LogP contribution in [-0.2, 0) is 9.59 Å². The average molecular weight is 305 g/mol. The Bertz CT molecular complexity index is 294. The first kappa shape index (κ1) is 14.5. The summed E-state index contributed by atoms with van der Waals surface area (Å²) in [5.41, 5.74) is 0. The SMILES string of the molecule is CNC(=O)C1CCCCN1C(=O)C(Br)C(C)C. The summed E-state index contributed by atoms with van der Waals surface area (Å²) in [4.78, 5) is 25.5.